The van der Waals surface area contributed by atoms with Crippen molar-refractivity contribution in [2.45, 2.75) is 46.5 Å². The van der Waals surface area contributed by atoms with Gasteiger partial charge >= 0.3 is 0 Å². The average Bonchev–Trinajstić information content (AvgIpc) is 2.57. The molecule has 0 atom stereocenters. The maximum atomic E-state index is 12.4. The normalized spacial score (nSPS) is 11.2. The van der Waals surface area contributed by atoms with Crippen molar-refractivity contribution in [2.75, 3.05) is 16.8 Å². The largest absolute Gasteiger partial charge is 0.326 e. The van der Waals surface area contributed by atoms with Crippen LogP contribution in [0.2, 0.25) is 5.02 Å². The monoisotopic (exact) mass is 386 g/mol. The zero-order valence-corrected chi connectivity index (χ0v) is 17.4. The Morgan fingerprint density at radius 3 is 2.37 bits per heavy atom. The highest BCUT2D eigenvalue weighted by molar-refractivity contribution is 6.31. The van der Waals surface area contributed by atoms with E-state index in [1.165, 1.54) is 6.92 Å². The van der Waals surface area contributed by atoms with Crippen LogP contribution in [0.15, 0.2) is 42.5 Å². The fraction of sp³-hybridized carbons (Fsp3) is 0.364. The molecule has 0 aliphatic rings. The minimum atomic E-state index is -0.158. The van der Waals surface area contributed by atoms with Gasteiger partial charge in [0.05, 0.1) is 0 Å². The molecule has 0 aromatic heterocycles. The third-order valence-electron chi connectivity index (χ3n) is 4.40. The number of anilines is 2. The zero-order chi connectivity index (χ0) is 20.2. The molecule has 2 rings (SSSR count). The van der Waals surface area contributed by atoms with Crippen molar-refractivity contribution in [1.82, 2.24) is 0 Å². The van der Waals surface area contributed by atoms with Crippen molar-refractivity contribution in [2.24, 2.45) is 0 Å². The molecule has 0 saturated heterocycles. The molecular weight excluding hydrogens is 360 g/mol. The average molecular weight is 387 g/mol. The number of amides is 2. The second-order valence-electron chi connectivity index (χ2n) is 7.70. The van der Waals surface area contributed by atoms with E-state index in [0.29, 0.717) is 17.3 Å². The van der Waals surface area contributed by atoms with Crippen LogP contribution in [-0.2, 0) is 15.0 Å². The number of benzene rings is 2. The Hall–Kier alpha value is -2.33. The maximum absolute atomic E-state index is 12.4. The van der Waals surface area contributed by atoms with E-state index in [0.717, 1.165) is 16.8 Å². The second kappa shape index (κ2) is 8.57. The highest BCUT2D eigenvalue weighted by Gasteiger charge is 2.23. The lowest BCUT2D eigenvalue weighted by Gasteiger charge is -2.29. The molecule has 1 N–H and O–H groups in total. The minimum absolute atomic E-state index is 0.0853. The molecule has 5 heteroatoms. The lowest BCUT2D eigenvalue weighted by molar-refractivity contribution is -0.117. The summed E-state index contributed by atoms with van der Waals surface area (Å²) in [5.74, 6) is -0.243. The van der Waals surface area contributed by atoms with Crippen LogP contribution in [0, 0.1) is 6.92 Å². The first-order chi connectivity index (χ1) is 12.6. The molecule has 0 bridgehead atoms. The molecule has 4 nitrogen and oxygen atoms in total. The van der Waals surface area contributed by atoms with Crippen LogP contribution in [0.3, 0.4) is 0 Å². The molecule has 2 amide bonds. The van der Waals surface area contributed by atoms with Gasteiger partial charge in [-0.25, -0.2) is 0 Å². The van der Waals surface area contributed by atoms with Crippen LogP contribution in [0.25, 0.3) is 0 Å². The molecular formula is C22H27ClN2O2. The van der Waals surface area contributed by atoms with Gasteiger partial charge in [-0.05, 0) is 41.7 Å². The van der Waals surface area contributed by atoms with E-state index in [1.54, 1.807) is 11.0 Å². The van der Waals surface area contributed by atoms with Crippen molar-refractivity contribution in [3.05, 3.63) is 58.6 Å². The van der Waals surface area contributed by atoms with E-state index in [1.807, 2.05) is 43.3 Å². The van der Waals surface area contributed by atoms with Gasteiger partial charge in [-0.1, -0.05) is 56.6 Å². The third kappa shape index (κ3) is 5.57. The van der Waals surface area contributed by atoms with Crippen molar-refractivity contribution >= 4 is 34.8 Å². The number of para-hydroxylation sites is 1. The van der Waals surface area contributed by atoms with E-state index in [4.69, 9.17) is 11.6 Å². The quantitative estimate of drug-likeness (QED) is 0.755. The van der Waals surface area contributed by atoms with E-state index in [2.05, 4.69) is 26.1 Å². The Labute approximate surface area is 166 Å². The van der Waals surface area contributed by atoms with Gasteiger partial charge in [0.2, 0.25) is 11.8 Å². The molecule has 0 spiro atoms. The number of aryl methyl sites for hydroxylation is 1. The maximum Gasteiger partial charge on any atom is 0.226 e. The molecule has 0 radical (unpaired) electrons. The summed E-state index contributed by atoms with van der Waals surface area (Å²) in [6, 6.07) is 13.2. The van der Waals surface area contributed by atoms with Gasteiger partial charge in [0.25, 0.3) is 0 Å². The molecule has 0 aliphatic carbocycles. The molecule has 144 valence electrons. The van der Waals surface area contributed by atoms with Gasteiger partial charge in [0.1, 0.15) is 0 Å². The summed E-state index contributed by atoms with van der Waals surface area (Å²) in [5, 5.41) is 3.45. The first kappa shape index (κ1) is 21.0. The van der Waals surface area contributed by atoms with Crippen LogP contribution in [0.5, 0.6) is 0 Å². The van der Waals surface area contributed by atoms with Gasteiger partial charge in [-0.15, -0.1) is 0 Å². The topological polar surface area (TPSA) is 49.4 Å². The molecule has 0 saturated carbocycles. The predicted molar refractivity (Wildman–Crippen MR) is 113 cm³/mol. The number of hydrogen-bond donors (Lipinski definition) is 1. The number of rotatable bonds is 5. The highest BCUT2D eigenvalue weighted by atomic mass is 35.5. The van der Waals surface area contributed by atoms with Crippen LogP contribution in [0.4, 0.5) is 11.4 Å². The van der Waals surface area contributed by atoms with Gasteiger partial charge in [-0.3, -0.25) is 9.59 Å². The summed E-state index contributed by atoms with van der Waals surface area (Å²) < 4.78 is 0. The fourth-order valence-corrected chi connectivity index (χ4v) is 3.08. The van der Waals surface area contributed by atoms with E-state index in [-0.39, 0.29) is 23.7 Å². The molecule has 0 unspecified atom stereocenters. The number of halogens is 1. The number of hydrogen-bond acceptors (Lipinski definition) is 2. The summed E-state index contributed by atoms with van der Waals surface area (Å²) >= 11 is 6.10. The first-order valence-electron chi connectivity index (χ1n) is 9.03. The SMILES string of the molecule is CC(=O)N(CCC(=O)Nc1ccc(C)c(Cl)c1)c1ccccc1C(C)(C)C. The molecule has 27 heavy (non-hydrogen) atoms. The smallest absolute Gasteiger partial charge is 0.226 e. The van der Waals surface area contributed by atoms with Crippen LogP contribution in [-0.4, -0.2) is 18.4 Å². The summed E-state index contributed by atoms with van der Waals surface area (Å²) in [6.07, 6.45) is 0.198. The fourth-order valence-electron chi connectivity index (χ4n) is 2.90. The summed E-state index contributed by atoms with van der Waals surface area (Å²) in [4.78, 5) is 26.3. The van der Waals surface area contributed by atoms with Crippen LogP contribution in [0.1, 0.15) is 45.2 Å². The van der Waals surface area contributed by atoms with Gasteiger partial charge in [0, 0.05) is 36.3 Å². The van der Waals surface area contributed by atoms with E-state index in [9.17, 15) is 9.59 Å². The number of carbonyl (C=O) groups is 2. The number of carbonyl (C=O) groups excluding carboxylic acids is 2. The number of nitrogens with zero attached hydrogens (tertiary/aromatic N) is 1. The Kier molecular flexibility index (Phi) is 6.66. The second-order valence-corrected chi connectivity index (χ2v) is 8.11. The lowest BCUT2D eigenvalue weighted by Crippen LogP contribution is -2.34. The predicted octanol–water partition coefficient (Wildman–Crippen LogP) is 5.33. The Balaban J connectivity index is 2.12. The van der Waals surface area contributed by atoms with Gasteiger partial charge in [0.15, 0.2) is 0 Å². The van der Waals surface area contributed by atoms with Gasteiger partial charge in [-0.2, -0.15) is 0 Å². The standard InChI is InChI=1S/C22H27ClN2O2/c1-15-10-11-17(14-19(15)23)24-21(27)12-13-25(16(2)26)20-9-7-6-8-18(20)22(3,4)5/h6-11,14H,12-13H2,1-5H3,(H,24,27). The first-order valence-corrected chi connectivity index (χ1v) is 9.41. The number of nitrogens with one attached hydrogen (secondary N) is 1. The van der Waals surface area contributed by atoms with Crippen LogP contribution < -0.4 is 10.2 Å². The van der Waals surface area contributed by atoms with Crippen molar-refractivity contribution in [1.29, 1.82) is 0 Å². The zero-order valence-electron chi connectivity index (χ0n) is 16.6. The van der Waals surface area contributed by atoms with E-state index >= 15 is 0 Å². The molecule has 2 aromatic carbocycles. The minimum Gasteiger partial charge on any atom is -0.326 e. The van der Waals surface area contributed by atoms with Gasteiger partial charge < -0.3 is 10.2 Å². The third-order valence-corrected chi connectivity index (χ3v) is 4.81. The van der Waals surface area contributed by atoms with Crippen molar-refractivity contribution in [3.8, 4) is 0 Å². The van der Waals surface area contributed by atoms with E-state index < -0.39 is 0 Å². The molecule has 0 heterocycles. The molecule has 2 aromatic rings. The Morgan fingerprint density at radius 2 is 1.78 bits per heavy atom. The van der Waals surface area contributed by atoms with Crippen molar-refractivity contribution < 1.29 is 9.59 Å². The lowest BCUT2D eigenvalue weighted by atomic mass is 9.85. The summed E-state index contributed by atoms with van der Waals surface area (Å²) in [7, 11) is 0. The Morgan fingerprint density at radius 1 is 1.11 bits per heavy atom. The molecule has 0 fully saturated rings. The highest BCUT2D eigenvalue weighted by Crippen LogP contribution is 2.32. The molecule has 0 aliphatic heterocycles. The van der Waals surface area contributed by atoms with Crippen molar-refractivity contribution in [3.63, 3.8) is 0 Å². The van der Waals surface area contributed by atoms with Crippen LogP contribution >= 0.6 is 11.6 Å². The summed E-state index contributed by atoms with van der Waals surface area (Å²) in [6.45, 7) is 10.1. The summed E-state index contributed by atoms with van der Waals surface area (Å²) in [5.41, 5.74) is 3.43. The Bertz CT molecular complexity index is 840.